The molecule has 0 aromatic carbocycles. The second-order valence-corrected chi connectivity index (χ2v) is 7.72. The first-order valence-electron chi connectivity index (χ1n) is 9.26. The van der Waals surface area contributed by atoms with Crippen molar-refractivity contribution < 1.29 is 0 Å². The molecule has 3 aliphatic rings. The normalized spacial score (nSPS) is 28.4. The van der Waals surface area contributed by atoms with Gasteiger partial charge in [-0.1, -0.05) is 6.92 Å². The molecule has 3 fully saturated rings. The lowest BCUT2D eigenvalue weighted by Gasteiger charge is -2.20. The third kappa shape index (κ3) is 3.55. The fourth-order valence-corrected chi connectivity index (χ4v) is 3.40. The van der Waals surface area contributed by atoms with Gasteiger partial charge in [-0.25, -0.2) is 4.99 Å². The van der Waals surface area contributed by atoms with E-state index in [1.54, 1.807) is 0 Å². The Morgan fingerprint density at radius 2 is 1.96 bits per heavy atom. The summed E-state index contributed by atoms with van der Waals surface area (Å²) in [5, 5.41) is 15.6. The van der Waals surface area contributed by atoms with Crippen LogP contribution in [0.5, 0.6) is 0 Å². The molecule has 2 atom stereocenters. The molecular formula is C17H29N7. The molecule has 2 saturated carbocycles. The molecule has 2 unspecified atom stereocenters. The van der Waals surface area contributed by atoms with Gasteiger partial charge < -0.3 is 15.2 Å². The average molecular weight is 331 g/mol. The number of likely N-dealkylation sites (tertiary alicyclic amines) is 1. The van der Waals surface area contributed by atoms with Gasteiger partial charge in [0.2, 0.25) is 0 Å². The maximum Gasteiger partial charge on any atom is 0.192 e. The van der Waals surface area contributed by atoms with E-state index in [1.807, 2.05) is 18.5 Å². The second-order valence-electron chi connectivity index (χ2n) is 7.72. The average Bonchev–Trinajstić information content (AvgIpc) is 3.47. The largest absolute Gasteiger partial charge is 0.354 e. The maximum absolute atomic E-state index is 4.78. The minimum atomic E-state index is 0.483. The summed E-state index contributed by atoms with van der Waals surface area (Å²) in [4.78, 5) is 7.43. The van der Waals surface area contributed by atoms with Gasteiger partial charge in [0.25, 0.3) is 0 Å². The monoisotopic (exact) mass is 331 g/mol. The Labute approximate surface area is 143 Å². The van der Waals surface area contributed by atoms with Crippen molar-refractivity contribution in [2.45, 2.75) is 64.2 Å². The van der Waals surface area contributed by atoms with Crippen LogP contribution in [0.2, 0.25) is 0 Å². The van der Waals surface area contributed by atoms with Crippen molar-refractivity contribution in [1.82, 2.24) is 30.3 Å². The Balaban J connectivity index is 1.41. The molecule has 1 aromatic rings. The highest BCUT2D eigenvalue weighted by Gasteiger charge is 2.38. The summed E-state index contributed by atoms with van der Waals surface area (Å²) in [6, 6.07) is 1.92. The van der Waals surface area contributed by atoms with E-state index >= 15 is 0 Å². The van der Waals surface area contributed by atoms with Crippen LogP contribution in [-0.4, -0.2) is 56.8 Å². The van der Waals surface area contributed by atoms with Crippen LogP contribution in [0.3, 0.4) is 0 Å². The van der Waals surface area contributed by atoms with E-state index in [2.05, 4.69) is 32.7 Å². The quantitative estimate of drug-likeness (QED) is 0.617. The number of aromatic nitrogens is 3. The van der Waals surface area contributed by atoms with Gasteiger partial charge in [0, 0.05) is 38.3 Å². The zero-order chi connectivity index (χ0) is 16.7. The van der Waals surface area contributed by atoms with Gasteiger partial charge in [0.15, 0.2) is 11.8 Å². The highest BCUT2D eigenvalue weighted by atomic mass is 15.3. The van der Waals surface area contributed by atoms with Gasteiger partial charge in [-0.05, 0) is 38.5 Å². The van der Waals surface area contributed by atoms with Crippen molar-refractivity contribution in [3.63, 3.8) is 0 Å². The first kappa shape index (κ1) is 15.9. The molecule has 2 aliphatic carbocycles. The molecular weight excluding hydrogens is 302 g/mol. The molecule has 4 rings (SSSR count). The summed E-state index contributed by atoms with van der Waals surface area (Å²) in [5.41, 5.74) is 0. The summed E-state index contributed by atoms with van der Waals surface area (Å²) in [6.45, 7) is 7.23. The molecule has 132 valence electrons. The van der Waals surface area contributed by atoms with E-state index < -0.39 is 0 Å². The van der Waals surface area contributed by atoms with Crippen LogP contribution in [0.25, 0.3) is 0 Å². The van der Waals surface area contributed by atoms with Gasteiger partial charge >= 0.3 is 0 Å². The van der Waals surface area contributed by atoms with Crippen LogP contribution >= 0.6 is 0 Å². The Bertz CT molecular complexity index is 614. The Morgan fingerprint density at radius 1 is 1.17 bits per heavy atom. The highest BCUT2D eigenvalue weighted by molar-refractivity contribution is 5.80. The van der Waals surface area contributed by atoms with Crippen LogP contribution in [0.4, 0.5) is 0 Å². The number of nitrogens with one attached hydrogen (secondary N) is 2. The molecule has 24 heavy (non-hydrogen) atoms. The number of hydrogen-bond acceptors (Lipinski definition) is 4. The predicted octanol–water partition coefficient (Wildman–Crippen LogP) is 0.804. The molecule has 1 saturated heterocycles. The standard InChI is InChI=1S/C17H29N7/c1-11-9-24(14-6-7-14)10-15(11)20-17(19-13-4-5-13)18-8-16-22-21-12(2)23(16)3/h11,13-15H,4-10H2,1-3H3,(H2,18,19,20). The predicted molar refractivity (Wildman–Crippen MR) is 93.7 cm³/mol. The second kappa shape index (κ2) is 6.35. The Kier molecular flexibility index (Phi) is 4.20. The Morgan fingerprint density at radius 3 is 2.58 bits per heavy atom. The van der Waals surface area contributed by atoms with E-state index in [0.29, 0.717) is 24.5 Å². The number of aliphatic imine (C=N–C) groups is 1. The van der Waals surface area contributed by atoms with Crippen molar-refractivity contribution in [2.24, 2.45) is 18.0 Å². The fourth-order valence-electron chi connectivity index (χ4n) is 3.40. The van der Waals surface area contributed by atoms with Crippen LogP contribution in [-0.2, 0) is 13.6 Å². The summed E-state index contributed by atoms with van der Waals surface area (Å²) in [7, 11) is 1.99. The van der Waals surface area contributed by atoms with Crippen molar-refractivity contribution in [2.75, 3.05) is 13.1 Å². The number of nitrogens with zero attached hydrogens (tertiary/aromatic N) is 5. The lowest BCUT2D eigenvalue weighted by Crippen LogP contribution is -2.47. The molecule has 7 heteroatoms. The summed E-state index contributed by atoms with van der Waals surface area (Å²) < 4.78 is 2.01. The van der Waals surface area contributed by atoms with Gasteiger partial charge in [-0.3, -0.25) is 4.90 Å². The van der Waals surface area contributed by atoms with E-state index in [0.717, 1.165) is 30.2 Å². The molecule has 2 heterocycles. The van der Waals surface area contributed by atoms with Gasteiger partial charge in [0.1, 0.15) is 12.4 Å². The maximum atomic E-state index is 4.78. The van der Waals surface area contributed by atoms with Gasteiger partial charge in [-0.2, -0.15) is 0 Å². The van der Waals surface area contributed by atoms with Crippen LogP contribution < -0.4 is 10.6 Å². The fraction of sp³-hybridized carbons (Fsp3) is 0.824. The summed E-state index contributed by atoms with van der Waals surface area (Å²) in [6.07, 6.45) is 5.26. The number of aryl methyl sites for hydroxylation is 1. The number of rotatable bonds is 5. The number of guanidine groups is 1. The summed E-state index contributed by atoms with van der Waals surface area (Å²) >= 11 is 0. The zero-order valence-electron chi connectivity index (χ0n) is 15.0. The lowest BCUT2D eigenvalue weighted by atomic mass is 10.1. The first-order chi connectivity index (χ1) is 11.6. The molecule has 0 amide bonds. The van der Waals surface area contributed by atoms with Crippen LogP contribution in [0, 0.1) is 12.8 Å². The minimum absolute atomic E-state index is 0.483. The van der Waals surface area contributed by atoms with Gasteiger partial charge in [-0.15, -0.1) is 10.2 Å². The molecule has 7 nitrogen and oxygen atoms in total. The van der Waals surface area contributed by atoms with E-state index in [9.17, 15) is 0 Å². The molecule has 0 bridgehead atoms. The lowest BCUT2D eigenvalue weighted by molar-refractivity contribution is 0.315. The molecule has 1 aliphatic heterocycles. The SMILES string of the molecule is Cc1nnc(CN=C(NC2CC2)NC2CN(C3CC3)CC2C)n1C. The third-order valence-electron chi connectivity index (χ3n) is 5.51. The van der Waals surface area contributed by atoms with Crippen molar-refractivity contribution in [3.05, 3.63) is 11.6 Å². The topological polar surface area (TPSA) is 70.4 Å². The third-order valence-corrected chi connectivity index (χ3v) is 5.51. The molecule has 2 N–H and O–H groups in total. The number of hydrogen-bond donors (Lipinski definition) is 2. The first-order valence-corrected chi connectivity index (χ1v) is 9.26. The van der Waals surface area contributed by atoms with E-state index in [1.165, 1.54) is 32.2 Å². The van der Waals surface area contributed by atoms with Crippen molar-refractivity contribution in [1.29, 1.82) is 0 Å². The smallest absolute Gasteiger partial charge is 0.192 e. The highest BCUT2D eigenvalue weighted by Crippen LogP contribution is 2.31. The van der Waals surface area contributed by atoms with Crippen molar-refractivity contribution in [3.8, 4) is 0 Å². The van der Waals surface area contributed by atoms with E-state index in [-0.39, 0.29) is 0 Å². The van der Waals surface area contributed by atoms with Crippen molar-refractivity contribution >= 4 is 5.96 Å². The Hall–Kier alpha value is -1.63. The molecule has 0 radical (unpaired) electrons. The minimum Gasteiger partial charge on any atom is -0.354 e. The van der Waals surface area contributed by atoms with Crippen LogP contribution in [0.1, 0.15) is 44.3 Å². The van der Waals surface area contributed by atoms with Crippen LogP contribution in [0.15, 0.2) is 4.99 Å². The zero-order valence-corrected chi connectivity index (χ0v) is 15.0. The van der Waals surface area contributed by atoms with Gasteiger partial charge in [0.05, 0.1) is 0 Å². The molecule has 0 spiro atoms. The molecule has 1 aromatic heterocycles. The summed E-state index contributed by atoms with van der Waals surface area (Å²) in [5.74, 6) is 3.43. The van der Waals surface area contributed by atoms with E-state index in [4.69, 9.17) is 4.99 Å².